The summed E-state index contributed by atoms with van der Waals surface area (Å²) in [6.07, 6.45) is 2.34. The molecule has 16 heavy (non-hydrogen) atoms. The number of para-hydroxylation sites is 1. The van der Waals surface area contributed by atoms with Gasteiger partial charge in [-0.05, 0) is 30.9 Å². The Bertz CT molecular complexity index is 527. The number of aryl methyl sites for hydroxylation is 1. The lowest BCUT2D eigenvalue weighted by Crippen LogP contribution is -2.14. The summed E-state index contributed by atoms with van der Waals surface area (Å²) in [4.78, 5) is 3.56. The van der Waals surface area contributed by atoms with Crippen LogP contribution in [0.25, 0.3) is 10.9 Å². The summed E-state index contributed by atoms with van der Waals surface area (Å²) in [6.45, 7) is 5.19. The zero-order valence-corrected chi connectivity index (χ0v) is 9.84. The highest BCUT2D eigenvalue weighted by atomic mass is 16.5. The van der Waals surface area contributed by atoms with Crippen molar-refractivity contribution in [1.82, 2.24) is 4.98 Å². The summed E-state index contributed by atoms with van der Waals surface area (Å²) >= 11 is 0. The van der Waals surface area contributed by atoms with E-state index in [1.165, 1.54) is 27.7 Å². The van der Waals surface area contributed by atoms with Gasteiger partial charge in [-0.15, -0.1) is 0 Å². The average Bonchev–Trinajstić information content (AvgIpc) is 2.69. The van der Waals surface area contributed by atoms with E-state index in [-0.39, 0.29) is 6.10 Å². The number of fused-ring (bicyclic) bond motifs is 3. The van der Waals surface area contributed by atoms with Gasteiger partial charge in [-0.25, -0.2) is 0 Å². The van der Waals surface area contributed by atoms with Gasteiger partial charge in [-0.2, -0.15) is 0 Å². The lowest BCUT2D eigenvalue weighted by Gasteiger charge is -2.22. The fourth-order valence-corrected chi connectivity index (χ4v) is 2.69. The third-order valence-corrected chi connectivity index (χ3v) is 3.55. The molecule has 0 aliphatic carbocycles. The molecule has 0 saturated heterocycles. The highest BCUT2D eigenvalue weighted by molar-refractivity contribution is 5.87. The molecule has 0 radical (unpaired) electrons. The van der Waals surface area contributed by atoms with Crippen molar-refractivity contribution in [3.05, 3.63) is 35.0 Å². The number of aromatic nitrogens is 1. The van der Waals surface area contributed by atoms with Gasteiger partial charge in [0, 0.05) is 16.6 Å². The van der Waals surface area contributed by atoms with Crippen LogP contribution >= 0.6 is 0 Å². The Labute approximate surface area is 95.6 Å². The molecule has 3 rings (SSSR count). The normalized spacial score (nSPS) is 20.0. The van der Waals surface area contributed by atoms with Gasteiger partial charge in [0.05, 0.1) is 12.7 Å². The Hall–Kier alpha value is -1.28. The lowest BCUT2D eigenvalue weighted by molar-refractivity contribution is 0.0377. The maximum Gasteiger partial charge on any atom is 0.0973 e. The van der Waals surface area contributed by atoms with Crippen molar-refractivity contribution in [2.45, 2.75) is 32.8 Å². The van der Waals surface area contributed by atoms with Crippen LogP contribution in [0.3, 0.4) is 0 Å². The zero-order valence-electron chi connectivity index (χ0n) is 9.84. The van der Waals surface area contributed by atoms with Crippen molar-refractivity contribution in [2.24, 2.45) is 0 Å². The van der Waals surface area contributed by atoms with Crippen LogP contribution in [0.5, 0.6) is 0 Å². The molecule has 2 heterocycles. The zero-order chi connectivity index (χ0) is 11.1. The molecular formula is C14H17NO. The summed E-state index contributed by atoms with van der Waals surface area (Å²) in [5, 5.41) is 1.39. The predicted molar refractivity (Wildman–Crippen MR) is 65.7 cm³/mol. The summed E-state index contributed by atoms with van der Waals surface area (Å²) in [5.74, 6) is 0. The summed E-state index contributed by atoms with van der Waals surface area (Å²) in [6, 6.07) is 6.52. The van der Waals surface area contributed by atoms with Crippen LogP contribution in [0.4, 0.5) is 0 Å². The molecule has 1 aromatic carbocycles. The summed E-state index contributed by atoms with van der Waals surface area (Å²) in [7, 11) is 0. The van der Waals surface area contributed by atoms with E-state index in [9.17, 15) is 0 Å². The molecule has 0 fully saturated rings. The third-order valence-electron chi connectivity index (χ3n) is 3.55. The smallest absolute Gasteiger partial charge is 0.0973 e. The van der Waals surface area contributed by atoms with Gasteiger partial charge < -0.3 is 9.72 Å². The monoisotopic (exact) mass is 215 g/mol. The van der Waals surface area contributed by atoms with Gasteiger partial charge in [-0.1, -0.05) is 25.1 Å². The van der Waals surface area contributed by atoms with Crippen LogP contribution < -0.4 is 0 Å². The van der Waals surface area contributed by atoms with Crippen LogP contribution in [0, 0.1) is 6.92 Å². The Balaban J connectivity index is 2.28. The van der Waals surface area contributed by atoms with E-state index >= 15 is 0 Å². The van der Waals surface area contributed by atoms with E-state index in [1.54, 1.807) is 0 Å². The first-order valence-corrected chi connectivity index (χ1v) is 6.03. The highest BCUT2D eigenvalue weighted by Crippen LogP contribution is 2.35. The Kier molecular flexibility index (Phi) is 2.25. The topological polar surface area (TPSA) is 25.0 Å². The van der Waals surface area contributed by atoms with Gasteiger partial charge in [0.25, 0.3) is 0 Å². The number of aromatic amines is 1. The number of nitrogens with one attached hydrogen (secondary N) is 1. The Morgan fingerprint density at radius 3 is 3.12 bits per heavy atom. The third kappa shape index (κ3) is 1.30. The second-order valence-corrected chi connectivity index (χ2v) is 4.53. The van der Waals surface area contributed by atoms with Gasteiger partial charge in [0.1, 0.15) is 0 Å². The van der Waals surface area contributed by atoms with E-state index in [0.717, 1.165) is 19.4 Å². The number of rotatable bonds is 1. The van der Waals surface area contributed by atoms with Crippen LogP contribution in [0.15, 0.2) is 18.2 Å². The maximum absolute atomic E-state index is 5.79. The van der Waals surface area contributed by atoms with Crippen LogP contribution in [0.2, 0.25) is 0 Å². The van der Waals surface area contributed by atoms with E-state index < -0.39 is 0 Å². The van der Waals surface area contributed by atoms with Crippen LogP contribution in [-0.2, 0) is 11.2 Å². The fourth-order valence-electron chi connectivity index (χ4n) is 2.69. The number of hydrogen-bond donors (Lipinski definition) is 1. The van der Waals surface area contributed by atoms with Crippen LogP contribution in [-0.4, -0.2) is 11.6 Å². The molecule has 1 aliphatic heterocycles. The van der Waals surface area contributed by atoms with Crippen molar-refractivity contribution < 1.29 is 4.74 Å². The first-order valence-electron chi connectivity index (χ1n) is 6.03. The maximum atomic E-state index is 5.79. The number of hydrogen-bond acceptors (Lipinski definition) is 1. The predicted octanol–water partition coefficient (Wildman–Crippen LogP) is 3.50. The largest absolute Gasteiger partial charge is 0.372 e. The molecule has 1 aliphatic rings. The second-order valence-electron chi connectivity index (χ2n) is 4.53. The van der Waals surface area contributed by atoms with Gasteiger partial charge in [0.15, 0.2) is 0 Å². The van der Waals surface area contributed by atoms with Crippen molar-refractivity contribution in [2.75, 3.05) is 6.61 Å². The number of H-pyrrole nitrogens is 1. The van der Waals surface area contributed by atoms with Gasteiger partial charge in [0.2, 0.25) is 0 Å². The second kappa shape index (κ2) is 3.63. The minimum absolute atomic E-state index is 0.260. The van der Waals surface area contributed by atoms with Crippen molar-refractivity contribution in [1.29, 1.82) is 0 Å². The molecule has 84 valence electrons. The molecule has 2 aromatic rings. The molecule has 1 atom stereocenters. The molecule has 0 bridgehead atoms. The summed E-state index contributed by atoms with van der Waals surface area (Å²) in [5.41, 5.74) is 5.38. The molecule has 0 amide bonds. The Morgan fingerprint density at radius 1 is 1.44 bits per heavy atom. The molecule has 1 aromatic heterocycles. The van der Waals surface area contributed by atoms with Crippen LogP contribution in [0.1, 0.15) is 36.3 Å². The SMILES string of the molecule is CCC1OCCc2c1[nH]c1c(C)cccc21. The van der Waals surface area contributed by atoms with Crippen molar-refractivity contribution in [3.8, 4) is 0 Å². The standard InChI is InChI=1S/C14H17NO/c1-3-12-14-11(7-8-16-12)10-6-4-5-9(2)13(10)15-14/h4-6,12,15H,3,7-8H2,1-2H3. The average molecular weight is 215 g/mol. The van der Waals surface area contributed by atoms with Gasteiger partial charge >= 0.3 is 0 Å². The first kappa shape index (κ1) is 9.91. The molecular weight excluding hydrogens is 198 g/mol. The van der Waals surface area contributed by atoms with Crippen molar-refractivity contribution >= 4 is 10.9 Å². The molecule has 1 unspecified atom stereocenters. The first-order chi connectivity index (χ1) is 7.81. The van der Waals surface area contributed by atoms with E-state index in [2.05, 4.69) is 37.0 Å². The molecule has 2 nitrogen and oxygen atoms in total. The van der Waals surface area contributed by atoms with Gasteiger partial charge in [-0.3, -0.25) is 0 Å². The quantitative estimate of drug-likeness (QED) is 0.773. The summed E-state index contributed by atoms with van der Waals surface area (Å²) < 4.78 is 5.79. The molecule has 0 spiro atoms. The minimum atomic E-state index is 0.260. The van der Waals surface area contributed by atoms with E-state index in [1.807, 2.05) is 0 Å². The van der Waals surface area contributed by atoms with Crippen molar-refractivity contribution in [3.63, 3.8) is 0 Å². The minimum Gasteiger partial charge on any atom is -0.372 e. The molecule has 0 saturated carbocycles. The van der Waals surface area contributed by atoms with E-state index in [0.29, 0.717) is 0 Å². The van der Waals surface area contributed by atoms with E-state index in [4.69, 9.17) is 4.74 Å². The molecule has 2 heteroatoms. The fraction of sp³-hybridized carbons (Fsp3) is 0.429. The lowest BCUT2D eigenvalue weighted by atomic mass is 10.0. The number of benzene rings is 1. The number of ether oxygens (including phenoxy) is 1. The molecule has 1 N–H and O–H groups in total. The Morgan fingerprint density at radius 2 is 2.31 bits per heavy atom. The highest BCUT2D eigenvalue weighted by Gasteiger charge is 2.23.